The molecule has 0 aromatic carbocycles. The van der Waals surface area contributed by atoms with Gasteiger partial charge in [0.15, 0.2) is 0 Å². The van der Waals surface area contributed by atoms with Crippen molar-refractivity contribution in [2.24, 2.45) is 0 Å². The second-order valence-corrected chi connectivity index (χ2v) is 5.13. The molecule has 1 atom stereocenters. The number of aliphatic carboxylic acids is 1. The zero-order valence-corrected chi connectivity index (χ0v) is 11.3. The Morgan fingerprint density at radius 2 is 2.16 bits per heavy atom. The summed E-state index contributed by atoms with van der Waals surface area (Å²) < 4.78 is 10.2. The van der Waals surface area contributed by atoms with E-state index in [1.807, 2.05) is 20.8 Å². The highest BCUT2D eigenvalue weighted by Crippen LogP contribution is 2.08. The molecule has 0 aliphatic carbocycles. The van der Waals surface area contributed by atoms with Crippen LogP contribution in [-0.4, -0.2) is 35.2 Å². The molecule has 2 N–H and O–H groups in total. The Kier molecular flexibility index (Phi) is 5.11. The summed E-state index contributed by atoms with van der Waals surface area (Å²) >= 11 is 0. The van der Waals surface area contributed by atoms with Crippen LogP contribution in [0.25, 0.3) is 0 Å². The number of rotatable bonds is 6. The zero-order valence-electron chi connectivity index (χ0n) is 11.3. The minimum atomic E-state index is -1.09. The Morgan fingerprint density at radius 1 is 1.47 bits per heavy atom. The molecular weight excluding hydrogens is 250 g/mol. The number of hydrogen-bond acceptors (Lipinski definition) is 4. The fraction of sp³-hybridized carbons (Fsp3) is 0.538. The van der Waals surface area contributed by atoms with Crippen molar-refractivity contribution in [3.8, 4) is 0 Å². The molecular formula is C13H19NO5. The molecule has 6 nitrogen and oxygen atoms in total. The van der Waals surface area contributed by atoms with Gasteiger partial charge < -0.3 is 19.6 Å². The minimum absolute atomic E-state index is 0.205. The fourth-order valence-electron chi connectivity index (χ4n) is 1.38. The van der Waals surface area contributed by atoms with Gasteiger partial charge in [-0.2, -0.15) is 0 Å². The molecule has 0 radical (unpaired) electrons. The molecule has 0 spiro atoms. The van der Waals surface area contributed by atoms with Gasteiger partial charge in [-0.05, 0) is 26.8 Å². The van der Waals surface area contributed by atoms with Crippen LogP contribution in [0.2, 0.25) is 0 Å². The average molecular weight is 269 g/mol. The fourth-order valence-corrected chi connectivity index (χ4v) is 1.38. The number of ether oxygens (including phenoxy) is 1. The number of carboxylic acids is 1. The smallest absolute Gasteiger partial charge is 0.326 e. The van der Waals surface area contributed by atoms with E-state index in [4.69, 9.17) is 14.3 Å². The summed E-state index contributed by atoms with van der Waals surface area (Å²) in [5.74, 6) is -1.56. The van der Waals surface area contributed by atoms with Crippen molar-refractivity contribution >= 4 is 11.9 Å². The van der Waals surface area contributed by atoms with Gasteiger partial charge in [0.05, 0.1) is 17.4 Å². The molecule has 0 fully saturated rings. The van der Waals surface area contributed by atoms with E-state index in [0.717, 1.165) is 0 Å². The highest BCUT2D eigenvalue weighted by molar-refractivity contribution is 5.96. The second kappa shape index (κ2) is 6.38. The van der Waals surface area contributed by atoms with Crippen LogP contribution in [0.5, 0.6) is 0 Å². The van der Waals surface area contributed by atoms with E-state index < -0.39 is 17.9 Å². The summed E-state index contributed by atoms with van der Waals surface area (Å²) in [6, 6.07) is 0.490. The molecule has 1 aromatic heterocycles. The van der Waals surface area contributed by atoms with Crippen LogP contribution in [0, 0.1) is 0 Å². The van der Waals surface area contributed by atoms with Crippen molar-refractivity contribution in [2.45, 2.75) is 38.8 Å². The van der Waals surface area contributed by atoms with Crippen molar-refractivity contribution < 1.29 is 23.8 Å². The lowest BCUT2D eigenvalue weighted by Crippen LogP contribution is -2.41. The van der Waals surface area contributed by atoms with Crippen LogP contribution in [-0.2, 0) is 9.53 Å². The Labute approximate surface area is 111 Å². The highest BCUT2D eigenvalue weighted by atomic mass is 16.5. The van der Waals surface area contributed by atoms with Gasteiger partial charge in [-0.1, -0.05) is 0 Å². The van der Waals surface area contributed by atoms with Gasteiger partial charge in [-0.15, -0.1) is 0 Å². The predicted octanol–water partition coefficient (Wildman–Crippen LogP) is 1.67. The topological polar surface area (TPSA) is 88.8 Å². The summed E-state index contributed by atoms with van der Waals surface area (Å²) in [4.78, 5) is 22.8. The third kappa shape index (κ3) is 5.56. The monoisotopic (exact) mass is 269 g/mol. The lowest BCUT2D eigenvalue weighted by atomic mass is 10.1. The maximum atomic E-state index is 11.7. The van der Waals surface area contributed by atoms with Gasteiger partial charge in [0.2, 0.25) is 0 Å². The third-order valence-corrected chi connectivity index (χ3v) is 2.33. The zero-order chi connectivity index (χ0) is 14.5. The number of carboxylic acid groups (broad SMARTS) is 1. The van der Waals surface area contributed by atoms with Gasteiger partial charge in [0.1, 0.15) is 12.3 Å². The first-order chi connectivity index (χ1) is 8.79. The van der Waals surface area contributed by atoms with Gasteiger partial charge >= 0.3 is 5.97 Å². The molecule has 6 heteroatoms. The van der Waals surface area contributed by atoms with Crippen molar-refractivity contribution in [1.82, 2.24) is 5.32 Å². The first-order valence-electron chi connectivity index (χ1n) is 5.99. The van der Waals surface area contributed by atoms with E-state index in [-0.39, 0.29) is 18.6 Å². The molecule has 0 saturated carbocycles. The van der Waals surface area contributed by atoms with Gasteiger partial charge in [0.25, 0.3) is 5.91 Å². The molecule has 1 amide bonds. The lowest BCUT2D eigenvalue weighted by Gasteiger charge is -2.21. The Bertz CT molecular complexity index is 419. The summed E-state index contributed by atoms with van der Waals surface area (Å²) in [6.45, 7) is 5.90. The van der Waals surface area contributed by atoms with Crippen LogP contribution >= 0.6 is 0 Å². The Hall–Kier alpha value is -1.82. The number of carbonyl (C=O) groups excluding carboxylic acids is 1. The molecule has 0 saturated heterocycles. The van der Waals surface area contributed by atoms with Crippen LogP contribution in [0.4, 0.5) is 0 Å². The highest BCUT2D eigenvalue weighted by Gasteiger charge is 2.22. The SMILES string of the molecule is CC(C)(C)OCCC(NC(=O)c1ccoc1)C(=O)O. The summed E-state index contributed by atoms with van der Waals surface area (Å²) in [7, 11) is 0. The van der Waals surface area contributed by atoms with Crippen molar-refractivity contribution in [1.29, 1.82) is 0 Å². The van der Waals surface area contributed by atoms with E-state index in [0.29, 0.717) is 5.56 Å². The lowest BCUT2D eigenvalue weighted by molar-refractivity contribution is -0.140. The average Bonchev–Trinajstić information content (AvgIpc) is 2.78. The molecule has 1 rings (SSSR count). The molecule has 0 aliphatic rings. The van der Waals surface area contributed by atoms with Crippen LogP contribution in [0.15, 0.2) is 23.0 Å². The molecule has 0 aliphatic heterocycles. The quantitative estimate of drug-likeness (QED) is 0.820. The molecule has 0 bridgehead atoms. The predicted molar refractivity (Wildman–Crippen MR) is 67.9 cm³/mol. The summed E-state index contributed by atoms with van der Waals surface area (Å²) in [5, 5.41) is 11.5. The normalized spacial score (nSPS) is 13.0. The van der Waals surface area contributed by atoms with Crippen LogP contribution < -0.4 is 5.32 Å². The molecule has 1 unspecified atom stereocenters. The Morgan fingerprint density at radius 3 is 2.63 bits per heavy atom. The second-order valence-electron chi connectivity index (χ2n) is 5.13. The van der Waals surface area contributed by atoms with Crippen molar-refractivity contribution in [3.05, 3.63) is 24.2 Å². The van der Waals surface area contributed by atoms with E-state index in [9.17, 15) is 9.59 Å². The van der Waals surface area contributed by atoms with Crippen LogP contribution in [0.1, 0.15) is 37.6 Å². The van der Waals surface area contributed by atoms with Crippen molar-refractivity contribution in [2.75, 3.05) is 6.61 Å². The van der Waals surface area contributed by atoms with E-state index in [1.165, 1.54) is 18.6 Å². The maximum Gasteiger partial charge on any atom is 0.326 e. The summed E-state index contributed by atoms with van der Waals surface area (Å²) in [5.41, 5.74) is -0.0413. The van der Waals surface area contributed by atoms with Crippen LogP contribution in [0.3, 0.4) is 0 Å². The standard InChI is InChI=1S/C13H19NO5/c1-13(2,3)19-7-5-10(12(16)17)14-11(15)9-4-6-18-8-9/h4,6,8,10H,5,7H2,1-3H3,(H,14,15)(H,16,17). The van der Waals surface area contributed by atoms with E-state index in [1.54, 1.807) is 0 Å². The number of carbonyl (C=O) groups is 2. The van der Waals surface area contributed by atoms with Gasteiger partial charge in [-0.25, -0.2) is 4.79 Å². The molecule has 106 valence electrons. The third-order valence-electron chi connectivity index (χ3n) is 2.33. The first-order valence-corrected chi connectivity index (χ1v) is 5.99. The molecule has 1 aromatic rings. The number of amides is 1. The van der Waals surface area contributed by atoms with E-state index in [2.05, 4.69) is 5.32 Å². The van der Waals surface area contributed by atoms with Gasteiger partial charge in [-0.3, -0.25) is 4.79 Å². The summed E-state index contributed by atoms with van der Waals surface area (Å²) in [6.07, 6.45) is 2.82. The number of hydrogen-bond donors (Lipinski definition) is 2. The molecule has 19 heavy (non-hydrogen) atoms. The molecule has 1 heterocycles. The van der Waals surface area contributed by atoms with Gasteiger partial charge in [0, 0.05) is 13.0 Å². The Balaban J connectivity index is 2.49. The van der Waals surface area contributed by atoms with E-state index >= 15 is 0 Å². The van der Waals surface area contributed by atoms with Crippen molar-refractivity contribution in [3.63, 3.8) is 0 Å². The maximum absolute atomic E-state index is 11.7. The largest absolute Gasteiger partial charge is 0.480 e. The number of nitrogens with one attached hydrogen (secondary N) is 1. The first kappa shape index (κ1) is 15.2. The minimum Gasteiger partial charge on any atom is -0.480 e. The number of furan rings is 1.